The van der Waals surface area contributed by atoms with Gasteiger partial charge in [0.2, 0.25) is 0 Å². The van der Waals surface area contributed by atoms with E-state index in [1.807, 2.05) is 18.4 Å². The van der Waals surface area contributed by atoms with Gasteiger partial charge >= 0.3 is 12.0 Å². The average molecular weight is 296 g/mol. The predicted molar refractivity (Wildman–Crippen MR) is 82.4 cm³/mol. The molecular weight excluding hydrogens is 276 g/mol. The Balaban J connectivity index is 2.53. The standard InChI is InChI=1S/C14H20N2O3S/c1-3-10-4-6-11(7-5-10)15-14(19)16-12(13(17)18)8-9-20-2/h4-7,12H,3,8-9H2,1-2H3,(H,17,18)(H2,15,16,19)/t12-/m1/s1. The van der Waals surface area contributed by atoms with Crippen LogP contribution in [-0.4, -0.2) is 35.2 Å². The number of aryl methyl sites for hydroxylation is 1. The number of amides is 2. The molecule has 6 heteroatoms. The van der Waals surface area contributed by atoms with Gasteiger partial charge in [-0.3, -0.25) is 0 Å². The lowest BCUT2D eigenvalue weighted by molar-refractivity contribution is -0.139. The molecule has 0 aliphatic heterocycles. The number of aliphatic carboxylic acids is 1. The molecule has 2 amide bonds. The molecule has 20 heavy (non-hydrogen) atoms. The number of carbonyl (C=O) groups excluding carboxylic acids is 1. The van der Waals surface area contributed by atoms with Crippen LogP contribution in [0.25, 0.3) is 0 Å². The number of nitrogens with one attached hydrogen (secondary N) is 2. The fraction of sp³-hybridized carbons (Fsp3) is 0.429. The quantitative estimate of drug-likeness (QED) is 0.722. The third kappa shape index (κ3) is 5.52. The number of benzene rings is 1. The van der Waals surface area contributed by atoms with Crippen LogP contribution in [0.15, 0.2) is 24.3 Å². The number of rotatable bonds is 7. The molecule has 1 rings (SSSR count). The molecular formula is C14H20N2O3S. The van der Waals surface area contributed by atoms with Crippen molar-refractivity contribution in [1.29, 1.82) is 0 Å². The van der Waals surface area contributed by atoms with E-state index in [0.29, 0.717) is 17.9 Å². The lowest BCUT2D eigenvalue weighted by Crippen LogP contribution is -2.43. The molecule has 1 aromatic carbocycles. The molecule has 110 valence electrons. The van der Waals surface area contributed by atoms with E-state index in [-0.39, 0.29) is 0 Å². The van der Waals surface area contributed by atoms with Crippen LogP contribution in [0.5, 0.6) is 0 Å². The van der Waals surface area contributed by atoms with E-state index in [0.717, 1.165) is 6.42 Å². The molecule has 0 spiro atoms. The fourth-order valence-electron chi connectivity index (χ4n) is 1.64. The van der Waals surface area contributed by atoms with Gasteiger partial charge in [0.05, 0.1) is 0 Å². The van der Waals surface area contributed by atoms with Gasteiger partial charge in [0.25, 0.3) is 0 Å². The summed E-state index contributed by atoms with van der Waals surface area (Å²) in [5.41, 5.74) is 1.83. The smallest absolute Gasteiger partial charge is 0.326 e. The molecule has 0 aliphatic rings. The average Bonchev–Trinajstić information content (AvgIpc) is 2.44. The normalized spacial score (nSPS) is 11.7. The third-order valence-corrected chi connectivity index (χ3v) is 3.48. The number of carboxylic acid groups (broad SMARTS) is 1. The zero-order chi connectivity index (χ0) is 15.0. The van der Waals surface area contributed by atoms with Crippen molar-refractivity contribution in [2.24, 2.45) is 0 Å². The number of hydrogen-bond acceptors (Lipinski definition) is 3. The van der Waals surface area contributed by atoms with Crippen LogP contribution in [0.4, 0.5) is 10.5 Å². The van der Waals surface area contributed by atoms with Crippen molar-refractivity contribution in [2.75, 3.05) is 17.3 Å². The summed E-state index contributed by atoms with van der Waals surface area (Å²) in [5.74, 6) is -0.335. The number of thioether (sulfide) groups is 1. The molecule has 1 atom stereocenters. The number of anilines is 1. The topological polar surface area (TPSA) is 78.4 Å². The highest BCUT2D eigenvalue weighted by atomic mass is 32.2. The molecule has 0 heterocycles. The molecule has 0 saturated heterocycles. The summed E-state index contributed by atoms with van der Waals surface area (Å²) >= 11 is 1.55. The zero-order valence-electron chi connectivity index (χ0n) is 11.7. The number of hydrogen-bond donors (Lipinski definition) is 3. The van der Waals surface area contributed by atoms with Gasteiger partial charge in [-0.25, -0.2) is 9.59 Å². The van der Waals surface area contributed by atoms with Crippen molar-refractivity contribution in [2.45, 2.75) is 25.8 Å². The summed E-state index contributed by atoms with van der Waals surface area (Å²) in [6, 6.07) is 6.10. The highest BCUT2D eigenvalue weighted by Gasteiger charge is 2.19. The van der Waals surface area contributed by atoms with E-state index in [9.17, 15) is 9.59 Å². The zero-order valence-corrected chi connectivity index (χ0v) is 12.5. The summed E-state index contributed by atoms with van der Waals surface area (Å²) in [4.78, 5) is 22.8. The molecule has 1 aromatic rings. The highest BCUT2D eigenvalue weighted by molar-refractivity contribution is 7.98. The Morgan fingerprint density at radius 3 is 2.45 bits per heavy atom. The second-order valence-corrected chi connectivity index (χ2v) is 5.31. The van der Waals surface area contributed by atoms with Gasteiger partial charge in [-0.15, -0.1) is 0 Å². The predicted octanol–water partition coefficient (Wildman–Crippen LogP) is 2.58. The van der Waals surface area contributed by atoms with E-state index >= 15 is 0 Å². The van der Waals surface area contributed by atoms with Crippen molar-refractivity contribution >= 4 is 29.4 Å². The van der Waals surface area contributed by atoms with Crippen molar-refractivity contribution in [3.63, 3.8) is 0 Å². The van der Waals surface area contributed by atoms with Crippen LogP contribution in [0.1, 0.15) is 18.9 Å². The minimum Gasteiger partial charge on any atom is -0.480 e. The Morgan fingerprint density at radius 2 is 1.95 bits per heavy atom. The first-order valence-electron chi connectivity index (χ1n) is 6.45. The maximum atomic E-state index is 11.8. The molecule has 0 fully saturated rings. The molecule has 3 N–H and O–H groups in total. The summed E-state index contributed by atoms with van der Waals surface area (Å²) < 4.78 is 0. The van der Waals surface area contributed by atoms with E-state index < -0.39 is 18.0 Å². The Labute approximate surface area is 123 Å². The molecule has 0 bridgehead atoms. The third-order valence-electron chi connectivity index (χ3n) is 2.83. The maximum absolute atomic E-state index is 11.8. The van der Waals surface area contributed by atoms with Crippen LogP contribution in [-0.2, 0) is 11.2 Å². The fourth-order valence-corrected chi connectivity index (χ4v) is 2.11. The summed E-state index contributed by atoms with van der Waals surface area (Å²) in [6.07, 6.45) is 3.23. The van der Waals surface area contributed by atoms with E-state index in [4.69, 9.17) is 5.11 Å². The summed E-state index contributed by atoms with van der Waals surface area (Å²) in [6.45, 7) is 2.05. The SMILES string of the molecule is CCc1ccc(NC(=O)N[C@H](CCSC)C(=O)O)cc1. The van der Waals surface area contributed by atoms with Gasteiger partial charge in [0, 0.05) is 5.69 Å². The van der Waals surface area contributed by atoms with Crippen molar-refractivity contribution in [3.05, 3.63) is 29.8 Å². The molecule has 0 aliphatic carbocycles. The molecule has 0 radical (unpaired) electrons. The Kier molecular flexibility index (Phi) is 6.93. The minimum atomic E-state index is -1.02. The van der Waals surface area contributed by atoms with Crippen molar-refractivity contribution in [3.8, 4) is 0 Å². The second-order valence-electron chi connectivity index (χ2n) is 4.32. The van der Waals surface area contributed by atoms with Crippen molar-refractivity contribution in [1.82, 2.24) is 5.32 Å². The molecule has 5 nitrogen and oxygen atoms in total. The summed E-state index contributed by atoms with van der Waals surface area (Å²) in [5, 5.41) is 14.1. The van der Waals surface area contributed by atoms with Crippen LogP contribution in [0.3, 0.4) is 0 Å². The van der Waals surface area contributed by atoms with Crippen LogP contribution >= 0.6 is 11.8 Å². The number of urea groups is 1. The molecule has 0 unspecified atom stereocenters. The lowest BCUT2D eigenvalue weighted by atomic mass is 10.1. The van der Waals surface area contributed by atoms with E-state index in [1.54, 1.807) is 23.9 Å². The maximum Gasteiger partial charge on any atom is 0.326 e. The van der Waals surface area contributed by atoms with E-state index in [1.165, 1.54) is 5.56 Å². The Morgan fingerprint density at radius 1 is 1.30 bits per heavy atom. The first-order chi connectivity index (χ1) is 9.56. The highest BCUT2D eigenvalue weighted by Crippen LogP contribution is 2.10. The van der Waals surface area contributed by atoms with Gasteiger partial charge in [0.1, 0.15) is 6.04 Å². The monoisotopic (exact) mass is 296 g/mol. The second kappa shape index (κ2) is 8.47. The number of carbonyl (C=O) groups is 2. The number of carboxylic acids is 1. The Hall–Kier alpha value is -1.69. The summed E-state index contributed by atoms with van der Waals surface area (Å²) in [7, 11) is 0. The minimum absolute atomic E-state index is 0.401. The van der Waals surface area contributed by atoms with Crippen LogP contribution < -0.4 is 10.6 Å². The first kappa shape index (κ1) is 16.4. The Bertz CT molecular complexity index is 448. The van der Waals surface area contributed by atoms with Crippen LogP contribution in [0, 0.1) is 0 Å². The van der Waals surface area contributed by atoms with Gasteiger partial charge in [-0.2, -0.15) is 11.8 Å². The van der Waals surface area contributed by atoms with Gasteiger partial charge in [0.15, 0.2) is 0 Å². The van der Waals surface area contributed by atoms with Gasteiger partial charge in [-0.1, -0.05) is 19.1 Å². The van der Waals surface area contributed by atoms with Gasteiger partial charge < -0.3 is 15.7 Å². The largest absolute Gasteiger partial charge is 0.480 e. The van der Waals surface area contributed by atoms with E-state index in [2.05, 4.69) is 17.6 Å². The van der Waals surface area contributed by atoms with Gasteiger partial charge in [-0.05, 0) is 42.5 Å². The first-order valence-corrected chi connectivity index (χ1v) is 7.84. The molecule has 0 saturated carbocycles. The molecule has 0 aromatic heterocycles. The lowest BCUT2D eigenvalue weighted by Gasteiger charge is -2.14. The van der Waals surface area contributed by atoms with Crippen molar-refractivity contribution < 1.29 is 14.7 Å². The van der Waals surface area contributed by atoms with Crippen LogP contribution in [0.2, 0.25) is 0 Å².